The first-order chi connectivity index (χ1) is 14.7. The summed E-state index contributed by atoms with van der Waals surface area (Å²) in [5.74, 6) is -0.351. The van der Waals surface area contributed by atoms with E-state index in [2.05, 4.69) is 58.3 Å². The minimum atomic E-state index is -0.322. The Bertz CT molecular complexity index is 1020. The average Bonchev–Trinajstić information content (AvgIpc) is 3.24. The van der Waals surface area contributed by atoms with E-state index in [1.165, 1.54) is 34.6 Å². The van der Waals surface area contributed by atoms with Gasteiger partial charge in [-0.25, -0.2) is 4.39 Å². The van der Waals surface area contributed by atoms with Crippen molar-refractivity contribution in [2.75, 3.05) is 36.0 Å². The van der Waals surface area contributed by atoms with Gasteiger partial charge in [-0.1, -0.05) is 24.3 Å². The van der Waals surface area contributed by atoms with Crippen molar-refractivity contribution >= 4 is 17.3 Å². The maximum absolute atomic E-state index is 13.1. The molecule has 1 amide bonds. The molecule has 1 fully saturated rings. The van der Waals surface area contributed by atoms with E-state index in [0.717, 1.165) is 26.2 Å². The van der Waals surface area contributed by atoms with Crippen molar-refractivity contribution in [3.8, 4) is 0 Å². The Labute approximate surface area is 176 Å². The van der Waals surface area contributed by atoms with Crippen LogP contribution in [0.25, 0.3) is 0 Å². The zero-order valence-corrected chi connectivity index (χ0v) is 16.8. The molecule has 0 radical (unpaired) electrons. The van der Waals surface area contributed by atoms with E-state index >= 15 is 0 Å². The molecule has 0 atom stereocenters. The van der Waals surface area contributed by atoms with E-state index in [1.807, 2.05) is 4.90 Å². The first-order valence-electron chi connectivity index (χ1n) is 10.4. The SMILES string of the molecule is O=C(c1ccc(F)cc1)N1CCN(c2ccc(N3Cc4ccccc4C3)cc2)CC1. The summed E-state index contributed by atoms with van der Waals surface area (Å²) >= 11 is 0. The Morgan fingerprint density at radius 2 is 1.20 bits per heavy atom. The molecule has 0 saturated carbocycles. The van der Waals surface area contributed by atoms with Gasteiger partial charge in [-0.2, -0.15) is 0 Å². The van der Waals surface area contributed by atoms with Crippen LogP contribution in [-0.2, 0) is 13.1 Å². The molecule has 30 heavy (non-hydrogen) atoms. The van der Waals surface area contributed by atoms with Gasteiger partial charge in [0.15, 0.2) is 0 Å². The smallest absolute Gasteiger partial charge is 0.253 e. The minimum Gasteiger partial charge on any atom is -0.368 e. The molecule has 3 aromatic carbocycles. The molecule has 2 heterocycles. The molecule has 1 saturated heterocycles. The van der Waals surface area contributed by atoms with Crippen LogP contribution >= 0.6 is 0 Å². The van der Waals surface area contributed by atoms with Gasteiger partial charge in [-0.3, -0.25) is 4.79 Å². The Kier molecular flexibility index (Phi) is 4.87. The van der Waals surface area contributed by atoms with E-state index in [0.29, 0.717) is 18.7 Å². The number of benzene rings is 3. The molecule has 4 nitrogen and oxygen atoms in total. The van der Waals surface area contributed by atoms with Crippen molar-refractivity contribution in [1.82, 2.24) is 4.90 Å². The normalized spacial score (nSPS) is 16.0. The largest absolute Gasteiger partial charge is 0.368 e. The summed E-state index contributed by atoms with van der Waals surface area (Å²) in [4.78, 5) is 19.2. The summed E-state index contributed by atoms with van der Waals surface area (Å²) in [5.41, 5.74) is 5.78. The fourth-order valence-corrected chi connectivity index (χ4v) is 4.33. The van der Waals surface area contributed by atoms with Crippen LogP contribution in [0.3, 0.4) is 0 Å². The van der Waals surface area contributed by atoms with Crippen molar-refractivity contribution in [3.05, 3.63) is 95.3 Å². The molecule has 5 heteroatoms. The first kappa shape index (κ1) is 18.7. The topological polar surface area (TPSA) is 26.8 Å². The Balaban J connectivity index is 1.20. The number of fused-ring (bicyclic) bond motifs is 1. The summed E-state index contributed by atoms with van der Waals surface area (Å²) in [5, 5.41) is 0. The number of rotatable bonds is 3. The number of piperazine rings is 1. The van der Waals surface area contributed by atoms with Crippen LogP contribution in [-0.4, -0.2) is 37.0 Å². The molecule has 152 valence electrons. The lowest BCUT2D eigenvalue weighted by Gasteiger charge is -2.36. The zero-order valence-electron chi connectivity index (χ0n) is 16.8. The number of hydrogen-bond acceptors (Lipinski definition) is 3. The van der Waals surface area contributed by atoms with Crippen LogP contribution < -0.4 is 9.80 Å². The highest BCUT2D eigenvalue weighted by Crippen LogP contribution is 2.29. The summed E-state index contributed by atoms with van der Waals surface area (Å²) in [7, 11) is 0. The number of hydrogen-bond donors (Lipinski definition) is 0. The molecule has 2 aliphatic rings. The fourth-order valence-electron chi connectivity index (χ4n) is 4.33. The molecule has 2 aliphatic heterocycles. The fraction of sp³-hybridized carbons (Fsp3) is 0.240. The van der Waals surface area contributed by atoms with Gasteiger partial charge in [0.1, 0.15) is 5.82 Å². The van der Waals surface area contributed by atoms with Gasteiger partial charge in [0.25, 0.3) is 5.91 Å². The summed E-state index contributed by atoms with van der Waals surface area (Å²) < 4.78 is 13.1. The van der Waals surface area contributed by atoms with Gasteiger partial charge < -0.3 is 14.7 Å². The minimum absolute atomic E-state index is 0.0291. The molecular weight excluding hydrogens is 377 g/mol. The third kappa shape index (κ3) is 3.63. The van der Waals surface area contributed by atoms with Crippen LogP contribution in [0, 0.1) is 5.82 Å². The molecule has 0 unspecified atom stereocenters. The zero-order chi connectivity index (χ0) is 20.5. The highest BCUT2D eigenvalue weighted by Gasteiger charge is 2.23. The highest BCUT2D eigenvalue weighted by molar-refractivity contribution is 5.94. The summed E-state index contributed by atoms with van der Waals surface area (Å²) in [6.45, 7) is 4.83. The van der Waals surface area contributed by atoms with Gasteiger partial charge in [0.05, 0.1) is 0 Å². The molecule has 0 aromatic heterocycles. The number of nitrogens with zero attached hydrogens (tertiary/aromatic N) is 3. The number of carbonyl (C=O) groups is 1. The van der Waals surface area contributed by atoms with E-state index < -0.39 is 0 Å². The third-order valence-electron chi connectivity index (χ3n) is 6.08. The standard InChI is InChI=1S/C25H24FN3O/c26-22-7-5-19(6-8-22)25(30)28-15-13-27(14-16-28)23-9-11-24(12-10-23)29-17-20-3-1-2-4-21(20)18-29/h1-12H,13-18H2. The van der Waals surface area contributed by atoms with Crippen LogP contribution in [0.2, 0.25) is 0 Å². The molecule has 0 aliphatic carbocycles. The maximum Gasteiger partial charge on any atom is 0.253 e. The average molecular weight is 401 g/mol. The van der Waals surface area contributed by atoms with Crippen molar-refractivity contribution in [1.29, 1.82) is 0 Å². The molecular formula is C25H24FN3O. The highest BCUT2D eigenvalue weighted by atomic mass is 19.1. The number of anilines is 2. The van der Waals surface area contributed by atoms with E-state index in [4.69, 9.17) is 0 Å². The first-order valence-corrected chi connectivity index (χ1v) is 10.4. The number of carbonyl (C=O) groups excluding carboxylic acids is 1. The van der Waals surface area contributed by atoms with E-state index in [-0.39, 0.29) is 11.7 Å². The molecule has 0 spiro atoms. The monoisotopic (exact) mass is 401 g/mol. The molecule has 0 bridgehead atoms. The lowest BCUT2D eigenvalue weighted by Crippen LogP contribution is -2.48. The van der Waals surface area contributed by atoms with Crippen LogP contribution in [0.5, 0.6) is 0 Å². The number of amides is 1. The number of halogens is 1. The van der Waals surface area contributed by atoms with Gasteiger partial charge in [0, 0.05) is 56.2 Å². The van der Waals surface area contributed by atoms with Gasteiger partial charge in [0.2, 0.25) is 0 Å². The van der Waals surface area contributed by atoms with Crippen LogP contribution in [0.1, 0.15) is 21.5 Å². The predicted octanol–water partition coefficient (Wildman–Crippen LogP) is 4.31. The van der Waals surface area contributed by atoms with Crippen molar-refractivity contribution in [2.45, 2.75) is 13.1 Å². The van der Waals surface area contributed by atoms with Gasteiger partial charge in [-0.05, 0) is 59.7 Å². The lowest BCUT2D eigenvalue weighted by molar-refractivity contribution is 0.0746. The second-order valence-electron chi connectivity index (χ2n) is 7.93. The third-order valence-corrected chi connectivity index (χ3v) is 6.08. The van der Waals surface area contributed by atoms with E-state index in [1.54, 1.807) is 12.1 Å². The van der Waals surface area contributed by atoms with Crippen molar-refractivity contribution in [2.24, 2.45) is 0 Å². The summed E-state index contributed by atoms with van der Waals surface area (Å²) in [6, 6.07) is 23.1. The van der Waals surface area contributed by atoms with Crippen molar-refractivity contribution in [3.63, 3.8) is 0 Å². The van der Waals surface area contributed by atoms with Crippen LogP contribution in [0.15, 0.2) is 72.8 Å². The molecule has 3 aromatic rings. The second kappa shape index (κ2) is 7.82. The van der Waals surface area contributed by atoms with Gasteiger partial charge in [-0.15, -0.1) is 0 Å². The summed E-state index contributed by atoms with van der Waals surface area (Å²) in [6.07, 6.45) is 0. The van der Waals surface area contributed by atoms with Gasteiger partial charge >= 0.3 is 0 Å². The molecule has 5 rings (SSSR count). The molecule has 0 N–H and O–H groups in total. The maximum atomic E-state index is 13.1. The Hall–Kier alpha value is -3.34. The lowest BCUT2D eigenvalue weighted by atomic mass is 10.1. The van der Waals surface area contributed by atoms with E-state index in [9.17, 15) is 9.18 Å². The van der Waals surface area contributed by atoms with Crippen LogP contribution in [0.4, 0.5) is 15.8 Å². The predicted molar refractivity (Wildman–Crippen MR) is 117 cm³/mol. The van der Waals surface area contributed by atoms with Crippen molar-refractivity contribution < 1.29 is 9.18 Å². The Morgan fingerprint density at radius 1 is 0.667 bits per heavy atom. The Morgan fingerprint density at radius 3 is 1.77 bits per heavy atom. The quantitative estimate of drug-likeness (QED) is 0.654. The second-order valence-corrected chi connectivity index (χ2v) is 7.93.